The van der Waals surface area contributed by atoms with Gasteiger partial charge in [-0.3, -0.25) is 0 Å². The summed E-state index contributed by atoms with van der Waals surface area (Å²) in [7, 11) is 0. The van der Waals surface area contributed by atoms with E-state index < -0.39 is 0 Å². The standard InChI is InChI=1S/C7H15N2/c1-3-8-9-6-4-5-7(9)2/h7H,3-6H2,1-2H3. The highest BCUT2D eigenvalue weighted by molar-refractivity contribution is 4.70. The maximum atomic E-state index is 4.34. The molecule has 1 radical (unpaired) electrons. The Bertz CT molecular complexity index is 83.0. The highest BCUT2D eigenvalue weighted by atomic mass is 15.5. The molecule has 1 unspecified atom stereocenters. The molecule has 0 bridgehead atoms. The minimum atomic E-state index is 0.699. The summed E-state index contributed by atoms with van der Waals surface area (Å²) in [6.07, 6.45) is 2.65. The Morgan fingerprint density at radius 2 is 2.44 bits per heavy atom. The van der Waals surface area contributed by atoms with E-state index in [1.807, 2.05) is 0 Å². The quantitative estimate of drug-likeness (QED) is 0.541. The molecule has 0 aromatic carbocycles. The van der Waals surface area contributed by atoms with Gasteiger partial charge in [-0.1, -0.05) is 0 Å². The third-order valence-corrected chi connectivity index (χ3v) is 1.84. The zero-order valence-corrected chi connectivity index (χ0v) is 6.30. The van der Waals surface area contributed by atoms with E-state index in [0.29, 0.717) is 6.04 Å². The third kappa shape index (κ3) is 1.66. The number of hydrogen-bond acceptors (Lipinski definition) is 1. The molecule has 1 aliphatic rings. The van der Waals surface area contributed by atoms with Gasteiger partial charge in [-0.25, -0.2) is 5.01 Å². The van der Waals surface area contributed by atoms with Crippen LogP contribution in [0, 0.1) is 0 Å². The number of rotatable bonds is 2. The molecule has 0 aromatic rings. The van der Waals surface area contributed by atoms with Gasteiger partial charge in [0.15, 0.2) is 0 Å². The summed E-state index contributed by atoms with van der Waals surface area (Å²) in [4.78, 5) is 0. The molecule has 1 rings (SSSR count). The molecule has 0 aliphatic carbocycles. The van der Waals surface area contributed by atoms with Crippen molar-refractivity contribution < 1.29 is 0 Å². The molecule has 1 aliphatic heterocycles. The Kier molecular flexibility index (Phi) is 2.49. The van der Waals surface area contributed by atoms with Crippen LogP contribution in [0.3, 0.4) is 0 Å². The molecule has 53 valence electrons. The molecule has 2 nitrogen and oxygen atoms in total. The summed E-state index contributed by atoms with van der Waals surface area (Å²) in [5, 5.41) is 2.21. The number of hydrogen-bond donors (Lipinski definition) is 0. The fourth-order valence-corrected chi connectivity index (χ4v) is 1.31. The van der Waals surface area contributed by atoms with Crippen molar-refractivity contribution in [1.82, 2.24) is 10.4 Å². The molecule has 0 N–H and O–H groups in total. The van der Waals surface area contributed by atoms with Gasteiger partial charge in [0.2, 0.25) is 0 Å². The largest absolute Gasteiger partial charge is 0.224 e. The Hall–Kier alpha value is -0.0800. The van der Waals surface area contributed by atoms with Crippen molar-refractivity contribution in [2.75, 3.05) is 13.1 Å². The molecule has 0 saturated carbocycles. The molecule has 1 heterocycles. The lowest BCUT2D eigenvalue weighted by molar-refractivity contribution is 0.178. The minimum absolute atomic E-state index is 0.699. The predicted molar refractivity (Wildman–Crippen MR) is 38.1 cm³/mol. The summed E-state index contributed by atoms with van der Waals surface area (Å²) in [6.45, 7) is 6.44. The van der Waals surface area contributed by atoms with Gasteiger partial charge >= 0.3 is 0 Å². The smallest absolute Gasteiger partial charge is 0.0278 e. The molecular formula is C7H15N2. The van der Waals surface area contributed by atoms with Gasteiger partial charge in [-0.2, -0.15) is 5.43 Å². The van der Waals surface area contributed by atoms with Gasteiger partial charge in [0.05, 0.1) is 0 Å². The molecule has 0 aromatic heterocycles. The van der Waals surface area contributed by atoms with Crippen LogP contribution in [-0.2, 0) is 0 Å². The van der Waals surface area contributed by atoms with Gasteiger partial charge in [0.1, 0.15) is 0 Å². The van der Waals surface area contributed by atoms with Gasteiger partial charge in [-0.05, 0) is 26.7 Å². The summed E-state index contributed by atoms with van der Waals surface area (Å²) in [5.41, 5.74) is 4.34. The van der Waals surface area contributed by atoms with Crippen molar-refractivity contribution in [2.45, 2.75) is 32.7 Å². The van der Waals surface area contributed by atoms with Crippen LogP contribution in [-0.4, -0.2) is 24.1 Å². The predicted octanol–water partition coefficient (Wildman–Crippen LogP) is 1.01. The van der Waals surface area contributed by atoms with Crippen molar-refractivity contribution in [3.8, 4) is 0 Å². The van der Waals surface area contributed by atoms with Gasteiger partial charge < -0.3 is 0 Å². The van der Waals surface area contributed by atoms with Gasteiger partial charge in [-0.15, -0.1) is 0 Å². The van der Waals surface area contributed by atoms with Crippen LogP contribution in [0.2, 0.25) is 0 Å². The minimum Gasteiger partial charge on any atom is -0.224 e. The van der Waals surface area contributed by atoms with E-state index >= 15 is 0 Å². The average molecular weight is 127 g/mol. The lowest BCUT2D eigenvalue weighted by atomic mass is 10.3. The topological polar surface area (TPSA) is 17.3 Å². The lowest BCUT2D eigenvalue weighted by Crippen LogP contribution is -2.34. The third-order valence-electron chi connectivity index (χ3n) is 1.84. The molecule has 0 spiro atoms. The van der Waals surface area contributed by atoms with Crippen molar-refractivity contribution in [3.05, 3.63) is 0 Å². The Labute approximate surface area is 57.2 Å². The van der Waals surface area contributed by atoms with Crippen molar-refractivity contribution in [1.29, 1.82) is 0 Å². The van der Waals surface area contributed by atoms with Crippen LogP contribution in [0.5, 0.6) is 0 Å². The Morgan fingerprint density at radius 1 is 1.67 bits per heavy atom. The molecular weight excluding hydrogens is 112 g/mol. The summed E-state index contributed by atoms with van der Waals surface area (Å²) >= 11 is 0. The fraction of sp³-hybridized carbons (Fsp3) is 1.00. The first-order chi connectivity index (χ1) is 4.34. The molecule has 1 fully saturated rings. The van der Waals surface area contributed by atoms with E-state index in [1.165, 1.54) is 19.4 Å². The monoisotopic (exact) mass is 127 g/mol. The van der Waals surface area contributed by atoms with Crippen LogP contribution < -0.4 is 5.43 Å². The lowest BCUT2D eigenvalue weighted by Gasteiger charge is -2.17. The van der Waals surface area contributed by atoms with Gasteiger partial charge in [0.25, 0.3) is 0 Å². The van der Waals surface area contributed by atoms with Gasteiger partial charge in [0, 0.05) is 19.1 Å². The second-order valence-electron chi connectivity index (χ2n) is 2.61. The number of nitrogens with zero attached hydrogens (tertiary/aromatic N) is 2. The van der Waals surface area contributed by atoms with E-state index in [-0.39, 0.29) is 0 Å². The molecule has 2 heteroatoms. The highest BCUT2D eigenvalue weighted by Crippen LogP contribution is 2.13. The summed E-state index contributed by atoms with van der Waals surface area (Å²) < 4.78 is 0. The van der Waals surface area contributed by atoms with E-state index in [9.17, 15) is 0 Å². The van der Waals surface area contributed by atoms with E-state index in [0.717, 1.165) is 6.54 Å². The van der Waals surface area contributed by atoms with Crippen molar-refractivity contribution >= 4 is 0 Å². The Balaban J connectivity index is 2.22. The average Bonchev–Trinajstić information content (AvgIpc) is 2.18. The second kappa shape index (κ2) is 3.18. The first-order valence-corrected chi connectivity index (χ1v) is 3.78. The Morgan fingerprint density at radius 3 is 2.89 bits per heavy atom. The second-order valence-corrected chi connectivity index (χ2v) is 2.61. The van der Waals surface area contributed by atoms with Crippen molar-refractivity contribution in [2.24, 2.45) is 0 Å². The SMILES string of the molecule is CC[N]N1CCCC1C. The van der Waals surface area contributed by atoms with Crippen LogP contribution in [0.25, 0.3) is 0 Å². The zero-order chi connectivity index (χ0) is 6.69. The maximum Gasteiger partial charge on any atom is 0.0278 e. The highest BCUT2D eigenvalue weighted by Gasteiger charge is 2.19. The van der Waals surface area contributed by atoms with Crippen LogP contribution in [0.1, 0.15) is 26.7 Å². The first kappa shape index (κ1) is 7.03. The zero-order valence-electron chi connectivity index (χ0n) is 6.30. The normalized spacial score (nSPS) is 29.3. The molecule has 1 atom stereocenters. The molecule has 9 heavy (non-hydrogen) atoms. The fourth-order valence-electron chi connectivity index (χ4n) is 1.31. The maximum absolute atomic E-state index is 4.34. The molecule has 1 saturated heterocycles. The summed E-state index contributed by atoms with van der Waals surface area (Å²) in [6, 6.07) is 0.699. The van der Waals surface area contributed by atoms with E-state index in [4.69, 9.17) is 0 Å². The molecule has 0 amide bonds. The van der Waals surface area contributed by atoms with Crippen molar-refractivity contribution in [3.63, 3.8) is 0 Å². The van der Waals surface area contributed by atoms with Crippen LogP contribution >= 0.6 is 0 Å². The van der Waals surface area contributed by atoms with Crippen LogP contribution in [0.4, 0.5) is 0 Å². The summed E-state index contributed by atoms with van der Waals surface area (Å²) in [5.74, 6) is 0. The van der Waals surface area contributed by atoms with E-state index in [2.05, 4.69) is 24.3 Å². The first-order valence-electron chi connectivity index (χ1n) is 3.78. The van der Waals surface area contributed by atoms with Crippen LogP contribution in [0.15, 0.2) is 0 Å². The van der Waals surface area contributed by atoms with E-state index in [1.54, 1.807) is 0 Å².